The van der Waals surface area contributed by atoms with Crippen LogP contribution in [0.3, 0.4) is 0 Å². The molecule has 60 valence electrons. The number of piperidine rings is 1. The summed E-state index contributed by atoms with van der Waals surface area (Å²) >= 11 is 0. The van der Waals surface area contributed by atoms with E-state index in [1.807, 2.05) is 0 Å². The molecule has 3 N–H and O–H groups in total. The van der Waals surface area contributed by atoms with Gasteiger partial charge in [0.1, 0.15) is 0 Å². The van der Waals surface area contributed by atoms with Gasteiger partial charge in [-0.2, -0.15) is 0 Å². The summed E-state index contributed by atoms with van der Waals surface area (Å²) in [5.41, 5.74) is 5.44. The largest absolute Gasteiger partial charge is 0.392 e. The Hall–Kier alpha value is -0.120. The topological polar surface area (TPSA) is 49.5 Å². The summed E-state index contributed by atoms with van der Waals surface area (Å²) in [5.74, 6) is 0.590. The summed E-state index contributed by atoms with van der Waals surface area (Å²) < 4.78 is 0. The number of aliphatic hydroxyl groups excluding tert-OH is 1. The second-order valence-corrected chi connectivity index (χ2v) is 3.21. The molecule has 0 aliphatic carbocycles. The first-order valence-corrected chi connectivity index (χ1v) is 3.83. The van der Waals surface area contributed by atoms with E-state index < -0.39 is 0 Å². The van der Waals surface area contributed by atoms with Gasteiger partial charge in [-0.1, -0.05) is 6.92 Å². The summed E-state index contributed by atoms with van der Waals surface area (Å²) in [6, 6.07) is 0. The van der Waals surface area contributed by atoms with Gasteiger partial charge in [0.15, 0.2) is 0 Å². The van der Waals surface area contributed by atoms with Crippen LogP contribution in [0.25, 0.3) is 0 Å². The second kappa shape index (κ2) is 3.32. The predicted octanol–water partition coefficient (Wildman–Crippen LogP) is -0.395. The number of hydrogen-bond acceptors (Lipinski definition) is 3. The van der Waals surface area contributed by atoms with E-state index >= 15 is 0 Å². The van der Waals surface area contributed by atoms with Crippen LogP contribution in [0.15, 0.2) is 0 Å². The Morgan fingerprint density at radius 1 is 1.60 bits per heavy atom. The smallest absolute Gasteiger partial charge is 0.0670 e. The van der Waals surface area contributed by atoms with Crippen LogP contribution >= 0.6 is 0 Å². The van der Waals surface area contributed by atoms with E-state index in [9.17, 15) is 5.11 Å². The highest BCUT2D eigenvalue weighted by Crippen LogP contribution is 2.14. The first kappa shape index (κ1) is 7.98. The molecule has 10 heavy (non-hydrogen) atoms. The first-order valence-electron chi connectivity index (χ1n) is 3.83. The maximum Gasteiger partial charge on any atom is 0.0670 e. The van der Waals surface area contributed by atoms with Gasteiger partial charge in [0.25, 0.3) is 0 Å². The first-order chi connectivity index (χ1) is 4.72. The molecule has 0 amide bonds. The number of aliphatic hydroxyl groups is 1. The van der Waals surface area contributed by atoms with Crippen molar-refractivity contribution in [2.24, 2.45) is 11.7 Å². The normalized spacial score (nSPS) is 36.3. The fraction of sp³-hybridized carbons (Fsp3) is 1.00. The predicted molar refractivity (Wildman–Crippen MR) is 40.4 cm³/mol. The zero-order chi connectivity index (χ0) is 7.56. The molecule has 0 radical (unpaired) electrons. The second-order valence-electron chi connectivity index (χ2n) is 3.21. The zero-order valence-electron chi connectivity index (χ0n) is 6.45. The summed E-state index contributed by atoms with van der Waals surface area (Å²) in [7, 11) is 0. The summed E-state index contributed by atoms with van der Waals surface area (Å²) in [5, 5.41) is 9.28. The van der Waals surface area contributed by atoms with Crippen molar-refractivity contribution in [2.75, 3.05) is 19.8 Å². The Kier molecular flexibility index (Phi) is 2.65. The molecule has 3 heteroatoms. The molecule has 1 fully saturated rings. The molecule has 1 aliphatic heterocycles. The molecule has 0 aromatic heterocycles. The van der Waals surface area contributed by atoms with Crippen molar-refractivity contribution >= 4 is 0 Å². The number of likely N-dealkylation sites (tertiary alicyclic amines) is 1. The van der Waals surface area contributed by atoms with E-state index in [-0.39, 0.29) is 6.10 Å². The van der Waals surface area contributed by atoms with E-state index in [4.69, 9.17) is 5.73 Å². The number of rotatable bonds is 1. The molecule has 0 spiro atoms. The molecular formula is C7H16N2O. The highest BCUT2D eigenvalue weighted by Gasteiger charge is 2.21. The Bertz CT molecular complexity index is 97.8. The molecule has 1 aliphatic rings. The fourth-order valence-electron chi connectivity index (χ4n) is 1.58. The fourth-order valence-corrected chi connectivity index (χ4v) is 1.58. The van der Waals surface area contributed by atoms with Crippen LogP contribution in [0.2, 0.25) is 0 Å². The van der Waals surface area contributed by atoms with Gasteiger partial charge in [-0.15, -0.1) is 0 Å². The molecule has 1 saturated heterocycles. The Morgan fingerprint density at radius 2 is 2.30 bits per heavy atom. The molecule has 3 nitrogen and oxygen atoms in total. The average Bonchev–Trinajstić information content (AvgIpc) is 1.85. The van der Waals surface area contributed by atoms with Crippen LogP contribution in [0.4, 0.5) is 0 Å². The van der Waals surface area contributed by atoms with Crippen molar-refractivity contribution in [3.8, 4) is 0 Å². The Labute approximate surface area is 61.8 Å². The minimum absolute atomic E-state index is 0.160. The molecular weight excluding hydrogens is 128 g/mol. The highest BCUT2D eigenvalue weighted by molar-refractivity contribution is 4.74. The number of hydrogen-bond donors (Lipinski definition) is 2. The Morgan fingerprint density at radius 3 is 2.80 bits per heavy atom. The van der Waals surface area contributed by atoms with Gasteiger partial charge >= 0.3 is 0 Å². The van der Waals surface area contributed by atoms with Crippen molar-refractivity contribution in [2.45, 2.75) is 19.4 Å². The highest BCUT2D eigenvalue weighted by atomic mass is 16.3. The maximum absolute atomic E-state index is 9.28. The minimum atomic E-state index is -0.160. The van der Waals surface area contributed by atoms with Crippen molar-refractivity contribution in [3.63, 3.8) is 0 Å². The van der Waals surface area contributed by atoms with E-state index in [0.29, 0.717) is 12.6 Å². The van der Waals surface area contributed by atoms with Crippen LogP contribution in [0, 0.1) is 5.92 Å². The molecule has 1 heterocycles. The van der Waals surface area contributed by atoms with E-state index in [1.165, 1.54) is 0 Å². The molecule has 2 unspecified atom stereocenters. The standard InChI is InChI=1S/C7H16N2O/c1-6-2-7(10)4-9(3-6)5-8/h6-7,10H,2-5,8H2,1H3. The van der Waals surface area contributed by atoms with Gasteiger partial charge in [0.05, 0.1) is 6.10 Å². The molecule has 0 aromatic rings. The lowest BCUT2D eigenvalue weighted by atomic mass is 9.98. The van der Waals surface area contributed by atoms with Crippen LogP contribution in [-0.2, 0) is 0 Å². The van der Waals surface area contributed by atoms with Gasteiger partial charge < -0.3 is 10.8 Å². The Balaban J connectivity index is 2.35. The summed E-state index contributed by atoms with van der Waals surface area (Å²) in [4.78, 5) is 2.08. The van der Waals surface area contributed by atoms with Gasteiger partial charge in [0.2, 0.25) is 0 Å². The van der Waals surface area contributed by atoms with Gasteiger partial charge in [-0.25, -0.2) is 0 Å². The third-order valence-electron chi connectivity index (χ3n) is 1.97. The van der Waals surface area contributed by atoms with E-state index in [0.717, 1.165) is 19.5 Å². The van der Waals surface area contributed by atoms with Crippen LogP contribution in [0.5, 0.6) is 0 Å². The van der Waals surface area contributed by atoms with Crippen molar-refractivity contribution < 1.29 is 5.11 Å². The third-order valence-corrected chi connectivity index (χ3v) is 1.97. The molecule has 0 bridgehead atoms. The van der Waals surface area contributed by atoms with E-state index in [2.05, 4.69) is 11.8 Å². The maximum atomic E-state index is 9.28. The van der Waals surface area contributed by atoms with E-state index in [1.54, 1.807) is 0 Å². The van der Waals surface area contributed by atoms with Crippen molar-refractivity contribution in [1.82, 2.24) is 4.90 Å². The SMILES string of the molecule is CC1CC(O)CN(CN)C1. The lowest BCUT2D eigenvalue weighted by Gasteiger charge is -2.32. The number of β-amino-alcohol motifs (C(OH)–C–C–N with tert-alkyl or cyclic N) is 1. The lowest BCUT2D eigenvalue weighted by molar-refractivity contribution is 0.0461. The van der Waals surface area contributed by atoms with Crippen LogP contribution in [-0.4, -0.2) is 35.9 Å². The third kappa shape index (κ3) is 1.94. The van der Waals surface area contributed by atoms with Gasteiger partial charge in [0, 0.05) is 19.8 Å². The quantitative estimate of drug-likeness (QED) is 0.526. The zero-order valence-corrected chi connectivity index (χ0v) is 6.45. The molecule has 1 rings (SSSR count). The minimum Gasteiger partial charge on any atom is -0.392 e. The number of nitrogens with zero attached hydrogens (tertiary/aromatic N) is 1. The lowest BCUT2D eigenvalue weighted by Crippen LogP contribution is -2.44. The van der Waals surface area contributed by atoms with Crippen LogP contribution < -0.4 is 5.73 Å². The molecule has 0 aromatic carbocycles. The monoisotopic (exact) mass is 144 g/mol. The summed E-state index contributed by atoms with van der Waals surface area (Å²) in [6.45, 7) is 4.50. The summed E-state index contributed by atoms with van der Waals surface area (Å²) in [6.07, 6.45) is 0.767. The molecule has 0 saturated carbocycles. The van der Waals surface area contributed by atoms with Crippen molar-refractivity contribution in [3.05, 3.63) is 0 Å². The number of nitrogens with two attached hydrogens (primary N) is 1. The average molecular weight is 144 g/mol. The van der Waals surface area contributed by atoms with Crippen LogP contribution in [0.1, 0.15) is 13.3 Å². The van der Waals surface area contributed by atoms with Crippen molar-refractivity contribution in [1.29, 1.82) is 0 Å². The van der Waals surface area contributed by atoms with Gasteiger partial charge in [-0.05, 0) is 12.3 Å². The molecule has 2 atom stereocenters. The van der Waals surface area contributed by atoms with Gasteiger partial charge in [-0.3, -0.25) is 4.90 Å².